The summed E-state index contributed by atoms with van der Waals surface area (Å²) < 4.78 is 28.4. The number of amides is 1. The molecule has 1 heterocycles. The highest BCUT2D eigenvalue weighted by Crippen LogP contribution is 2.24. The van der Waals surface area contributed by atoms with Gasteiger partial charge in [0.05, 0.1) is 18.6 Å². The highest BCUT2D eigenvalue weighted by molar-refractivity contribution is 7.90. The quantitative estimate of drug-likeness (QED) is 0.550. The molecule has 3 aromatic rings. The second-order valence-electron chi connectivity index (χ2n) is 7.12. The average Bonchev–Trinajstić information content (AvgIpc) is 3.22. The number of carbonyl (C=O) groups is 1. The molecule has 10 heteroatoms. The molecule has 8 nitrogen and oxygen atoms in total. The summed E-state index contributed by atoms with van der Waals surface area (Å²) in [5.74, 6) is 0.389. The summed E-state index contributed by atoms with van der Waals surface area (Å²) in [4.78, 5) is 14.8. The predicted octanol–water partition coefficient (Wildman–Crippen LogP) is 3.40. The highest BCUT2D eigenvalue weighted by atomic mass is 32.2. The van der Waals surface area contributed by atoms with Crippen LogP contribution < -0.4 is 10.1 Å². The number of nitrogens with zero attached hydrogens (tertiary/aromatic N) is 3. The maximum absolute atomic E-state index is 12.4. The van der Waals surface area contributed by atoms with Gasteiger partial charge in [-0.15, -0.1) is 10.2 Å². The van der Waals surface area contributed by atoms with Crippen molar-refractivity contribution in [1.29, 1.82) is 0 Å². The van der Waals surface area contributed by atoms with E-state index in [2.05, 4.69) is 20.4 Å². The third-order valence-electron chi connectivity index (χ3n) is 4.85. The Labute approximate surface area is 185 Å². The number of benzene rings is 2. The summed E-state index contributed by atoms with van der Waals surface area (Å²) >= 11 is 1.23. The van der Waals surface area contributed by atoms with E-state index in [1.807, 2.05) is 26.1 Å². The zero-order chi connectivity index (χ0) is 22.6. The fourth-order valence-electron chi connectivity index (χ4n) is 2.87. The van der Waals surface area contributed by atoms with Crippen molar-refractivity contribution in [3.8, 4) is 5.75 Å². The van der Waals surface area contributed by atoms with E-state index in [9.17, 15) is 13.2 Å². The first-order chi connectivity index (χ1) is 14.7. The number of methoxy groups -OCH3 is 1. The number of carbonyl (C=O) groups excluding carboxylic acids is 1. The Morgan fingerprint density at radius 1 is 1.13 bits per heavy atom. The van der Waals surface area contributed by atoms with Crippen LogP contribution in [-0.2, 0) is 16.4 Å². The first-order valence-corrected chi connectivity index (χ1v) is 12.2. The number of ether oxygens (including phenoxy) is 1. The van der Waals surface area contributed by atoms with Crippen molar-refractivity contribution in [2.45, 2.75) is 24.4 Å². The predicted molar refractivity (Wildman–Crippen MR) is 120 cm³/mol. The van der Waals surface area contributed by atoms with Gasteiger partial charge in [-0.3, -0.25) is 9.69 Å². The van der Waals surface area contributed by atoms with Crippen LogP contribution in [0.2, 0.25) is 0 Å². The van der Waals surface area contributed by atoms with Gasteiger partial charge in [-0.2, -0.15) is 0 Å². The van der Waals surface area contributed by atoms with E-state index < -0.39 is 9.84 Å². The van der Waals surface area contributed by atoms with Crippen molar-refractivity contribution >= 4 is 32.8 Å². The Morgan fingerprint density at radius 3 is 2.35 bits per heavy atom. The number of hydrogen-bond donors (Lipinski definition) is 1. The van der Waals surface area contributed by atoms with Gasteiger partial charge in [0.25, 0.3) is 5.91 Å². The molecule has 1 atom stereocenters. The minimum Gasteiger partial charge on any atom is -0.497 e. The Balaban J connectivity index is 1.62. The zero-order valence-corrected chi connectivity index (χ0v) is 19.3. The second-order valence-corrected chi connectivity index (χ2v) is 10.2. The minimum absolute atomic E-state index is 0.0223. The summed E-state index contributed by atoms with van der Waals surface area (Å²) in [6.45, 7) is 2.52. The summed E-state index contributed by atoms with van der Waals surface area (Å²) in [5, 5.41) is 11.9. The summed E-state index contributed by atoms with van der Waals surface area (Å²) in [6.07, 6.45) is 1.19. The standard InChI is InChI=1S/C21H24N4O4S2/c1-14(15-5-11-18(12-6-15)31(4,27)28)25(2)13-19-23-24-21(30-19)20(26)22-16-7-9-17(29-3)10-8-16/h5-12,14H,13H2,1-4H3,(H,22,26). The van der Waals surface area contributed by atoms with Crippen molar-refractivity contribution in [2.24, 2.45) is 0 Å². The third kappa shape index (κ3) is 5.87. The monoisotopic (exact) mass is 460 g/mol. The number of aromatic nitrogens is 2. The molecular formula is C21H24N4O4S2. The molecular weight excluding hydrogens is 436 g/mol. The number of rotatable bonds is 8. The van der Waals surface area contributed by atoms with Crippen LogP contribution in [-0.4, -0.2) is 49.8 Å². The lowest BCUT2D eigenvalue weighted by atomic mass is 10.1. The molecule has 164 valence electrons. The third-order valence-corrected chi connectivity index (χ3v) is 6.88. The molecule has 31 heavy (non-hydrogen) atoms. The Morgan fingerprint density at radius 2 is 1.77 bits per heavy atom. The molecule has 0 saturated carbocycles. The van der Waals surface area contributed by atoms with Gasteiger partial charge in [0.15, 0.2) is 9.84 Å². The van der Waals surface area contributed by atoms with Crippen LogP contribution in [0.4, 0.5) is 5.69 Å². The molecule has 2 aromatic carbocycles. The Bertz CT molecular complexity index is 1140. The Kier molecular flexibility index (Phi) is 7.04. The van der Waals surface area contributed by atoms with Gasteiger partial charge in [-0.1, -0.05) is 23.5 Å². The van der Waals surface area contributed by atoms with Crippen molar-refractivity contribution in [1.82, 2.24) is 15.1 Å². The van der Waals surface area contributed by atoms with Gasteiger partial charge in [-0.25, -0.2) is 8.42 Å². The van der Waals surface area contributed by atoms with Crippen molar-refractivity contribution in [3.63, 3.8) is 0 Å². The lowest BCUT2D eigenvalue weighted by Crippen LogP contribution is -2.21. The first kappa shape index (κ1) is 22.9. The molecule has 0 bridgehead atoms. The van der Waals surface area contributed by atoms with E-state index in [0.29, 0.717) is 27.9 Å². The van der Waals surface area contributed by atoms with Gasteiger partial charge in [0, 0.05) is 18.0 Å². The first-order valence-electron chi connectivity index (χ1n) is 9.45. The molecule has 3 rings (SSSR count). The molecule has 0 fully saturated rings. The van der Waals surface area contributed by atoms with Crippen LogP contribution in [0.5, 0.6) is 5.75 Å². The van der Waals surface area contributed by atoms with E-state index in [1.165, 1.54) is 17.6 Å². The molecule has 0 radical (unpaired) electrons. The molecule has 0 aliphatic rings. The molecule has 0 aliphatic heterocycles. The maximum atomic E-state index is 12.4. The minimum atomic E-state index is -3.22. The molecule has 1 aromatic heterocycles. The largest absolute Gasteiger partial charge is 0.497 e. The van der Waals surface area contributed by atoms with Crippen LogP contribution in [0.1, 0.15) is 33.3 Å². The number of nitrogens with one attached hydrogen (secondary N) is 1. The lowest BCUT2D eigenvalue weighted by Gasteiger charge is -2.24. The number of anilines is 1. The average molecular weight is 461 g/mol. The van der Waals surface area contributed by atoms with Gasteiger partial charge >= 0.3 is 0 Å². The normalized spacial score (nSPS) is 12.5. The molecule has 0 aliphatic carbocycles. The second kappa shape index (κ2) is 9.54. The van der Waals surface area contributed by atoms with Crippen LogP contribution in [0.25, 0.3) is 0 Å². The van der Waals surface area contributed by atoms with E-state index >= 15 is 0 Å². The van der Waals surface area contributed by atoms with Crippen molar-refractivity contribution in [3.05, 3.63) is 64.1 Å². The van der Waals surface area contributed by atoms with Crippen molar-refractivity contribution < 1.29 is 17.9 Å². The van der Waals surface area contributed by atoms with Gasteiger partial charge in [-0.05, 0) is 55.9 Å². The van der Waals surface area contributed by atoms with Crippen molar-refractivity contribution in [2.75, 3.05) is 25.7 Å². The topological polar surface area (TPSA) is 101 Å². The summed E-state index contributed by atoms with van der Waals surface area (Å²) in [5.41, 5.74) is 1.63. The smallest absolute Gasteiger partial charge is 0.286 e. The zero-order valence-electron chi connectivity index (χ0n) is 17.7. The van der Waals surface area contributed by atoms with Gasteiger partial charge in [0.1, 0.15) is 10.8 Å². The van der Waals surface area contributed by atoms with E-state index in [1.54, 1.807) is 43.5 Å². The Hall–Kier alpha value is -2.82. The fraction of sp³-hybridized carbons (Fsp3) is 0.286. The van der Waals surface area contributed by atoms with Crippen LogP contribution in [0.15, 0.2) is 53.4 Å². The van der Waals surface area contributed by atoms with Crippen LogP contribution in [0, 0.1) is 0 Å². The van der Waals surface area contributed by atoms with E-state index in [0.717, 1.165) is 5.56 Å². The number of sulfone groups is 1. The molecule has 0 spiro atoms. The highest BCUT2D eigenvalue weighted by Gasteiger charge is 2.18. The molecule has 1 amide bonds. The summed E-state index contributed by atoms with van der Waals surface area (Å²) in [7, 11) is 0.300. The summed E-state index contributed by atoms with van der Waals surface area (Å²) in [6, 6.07) is 13.9. The molecule has 1 unspecified atom stereocenters. The van der Waals surface area contributed by atoms with Crippen LogP contribution >= 0.6 is 11.3 Å². The van der Waals surface area contributed by atoms with E-state index in [-0.39, 0.29) is 17.0 Å². The molecule has 0 saturated heterocycles. The lowest BCUT2D eigenvalue weighted by molar-refractivity contribution is 0.102. The fourth-order valence-corrected chi connectivity index (χ4v) is 4.30. The number of hydrogen-bond acceptors (Lipinski definition) is 8. The maximum Gasteiger partial charge on any atom is 0.286 e. The van der Waals surface area contributed by atoms with Gasteiger partial charge in [0.2, 0.25) is 5.01 Å². The van der Waals surface area contributed by atoms with Gasteiger partial charge < -0.3 is 10.1 Å². The van der Waals surface area contributed by atoms with Crippen LogP contribution in [0.3, 0.4) is 0 Å². The molecule has 1 N–H and O–H groups in total. The SMILES string of the molecule is COc1ccc(NC(=O)c2nnc(CN(C)C(C)c3ccc(S(C)(=O)=O)cc3)s2)cc1. The van der Waals surface area contributed by atoms with E-state index in [4.69, 9.17) is 4.74 Å².